The smallest absolute Gasteiger partial charge is 0.660 e. The van der Waals surface area contributed by atoms with Crippen LogP contribution in [-0.2, 0) is 16.5 Å². The fourth-order valence-corrected chi connectivity index (χ4v) is 3.97. The summed E-state index contributed by atoms with van der Waals surface area (Å²) in [6, 6.07) is 22.9. The molecule has 0 saturated carbocycles. The number of hydrogen-bond acceptors (Lipinski definition) is 3. The van der Waals surface area contributed by atoms with Crippen LogP contribution in [-0.4, -0.2) is 17.2 Å². The fourth-order valence-electron chi connectivity index (χ4n) is 3.97. The predicted octanol–water partition coefficient (Wildman–Crippen LogP) is 8.96. The van der Waals surface area contributed by atoms with Crippen LogP contribution < -0.4 is 0 Å². The van der Waals surface area contributed by atoms with Crippen LogP contribution in [0.25, 0.3) is 10.6 Å². The molecule has 0 aliphatic carbocycles. The molecule has 0 unspecified atom stereocenters. The average molecular weight is 519 g/mol. The molecule has 0 bridgehead atoms. The van der Waals surface area contributed by atoms with Gasteiger partial charge < -0.3 is 10.6 Å². The molecule has 1 aliphatic rings. The quantitative estimate of drug-likeness (QED) is 0.246. The number of rotatable bonds is 2. The minimum absolute atomic E-state index is 0. The molecule has 0 spiro atoms. The maximum Gasteiger partial charge on any atom is 2.00 e. The van der Waals surface area contributed by atoms with Crippen molar-refractivity contribution in [1.29, 1.82) is 0 Å². The van der Waals surface area contributed by atoms with Crippen LogP contribution in [0, 0.1) is 6.92 Å². The Bertz CT molecular complexity index is 1400. The van der Waals surface area contributed by atoms with Crippen LogP contribution >= 0.6 is 0 Å². The van der Waals surface area contributed by atoms with Crippen molar-refractivity contribution in [2.24, 2.45) is 9.98 Å². The molecule has 5 nitrogen and oxygen atoms in total. The van der Waals surface area contributed by atoms with Gasteiger partial charge in [-0.05, 0) is 32.9 Å². The number of carbonyl (C=O) groups is 1. The van der Waals surface area contributed by atoms with Crippen molar-refractivity contribution in [2.75, 3.05) is 0 Å². The number of aliphatic imine (C=N–C) groups is 2. The zero-order valence-corrected chi connectivity index (χ0v) is 22.0. The minimum atomic E-state index is -0.123. The van der Waals surface area contributed by atoms with Gasteiger partial charge in [0.05, 0.1) is 0 Å². The normalized spacial score (nSPS) is 17.3. The van der Waals surface area contributed by atoms with Gasteiger partial charge in [-0.15, -0.1) is 17.1 Å². The van der Waals surface area contributed by atoms with Gasteiger partial charge >= 0.3 is 16.5 Å². The van der Waals surface area contributed by atoms with Gasteiger partial charge in [0.25, 0.3) is 0 Å². The summed E-state index contributed by atoms with van der Waals surface area (Å²) >= 11 is 0. The maximum atomic E-state index is 13.7. The topological polar surface area (TPSA) is 70.0 Å². The van der Waals surface area contributed by atoms with Crippen molar-refractivity contribution in [3.8, 4) is 0 Å². The number of benzene rings is 3. The number of nitrogens with zero attached hydrogens (tertiary/aromatic N) is 4. The minimum Gasteiger partial charge on any atom is -0.660 e. The summed E-state index contributed by atoms with van der Waals surface area (Å²) in [5.41, 5.74) is 7.74. The number of fused-ring (bicyclic) bond motifs is 2. The SMILES string of the molecule is CC1=Nc2ccccc2[N-]/C(C)=C(/C(=O)c2ccc(C)cc2)C(C)=Nc2ccccc2[N-]/C(C)=C\1.[Ni+2]. The molecular formula is C30H28N4NiO. The third-order valence-corrected chi connectivity index (χ3v) is 5.62. The van der Waals surface area contributed by atoms with Gasteiger partial charge in [0.1, 0.15) is 0 Å². The fraction of sp³-hybridized carbons (Fsp3) is 0.167. The first-order valence-corrected chi connectivity index (χ1v) is 11.5. The molecule has 1 heterocycles. The molecule has 3 aromatic carbocycles. The first kappa shape index (κ1) is 26.8. The van der Waals surface area contributed by atoms with Crippen molar-refractivity contribution < 1.29 is 21.3 Å². The van der Waals surface area contributed by atoms with Gasteiger partial charge in [-0.1, -0.05) is 86.2 Å². The summed E-state index contributed by atoms with van der Waals surface area (Å²) < 4.78 is 0. The molecule has 6 heteroatoms. The van der Waals surface area contributed by atoms with Gasteiger partial charge in [-0.2, -0.15) is 5.70 Å². The molecule has 184 valence electrons. The van der Waals surface area contributed by atoms with Crippen molar-refractivity contribution in [2.45, 2.75) is 34.6 Å². The molecule has 1 aliphatic heterocycles. The largest absolute Gasteiger partial charge is 2.00 e. The standard InChI is InChI=1S/C30H29N4O.Ni/c1-19-14-16-24(17-15-19)30(35)29-22(4)33-27-12-8-6-10-25(27)31-20(2)18-21(3)32-26-11-7-9-13-28(26)34-23(29)5;/h6-18H,1-5H3,(H-,31,32,33,34,35);/q-1;+2/p-1. The van der Waals surface area contributed by atoms with E-state index in [0.717, 1.165) is 28.3 Å². The Morgan fingerprint density at radius 1 is 0.694 bits per heavy atom. The number of carbonyl (C=O) groups excluding carboxylic acids is 1. The zero-order valence-electron chi connectivity index (χ0n) is 21.0. The molecule has 36 heavy (non-hydrogen) atoms. The molecule has 3 aromatic rings. The maximum absolute atomic E-state index is 13.7. The Kier molecular flexibility index (Phi) is 8.79. The van der Waals surface area contributed by atoms with Gasteiger partial charge in [0.15, 0.2) is 5.78 Å². The Labute approximate surface area is 223 Å². The summed E-state index contributed by atoms with van der Waals surface area (Å²) in [6.45, 7) is 9.56. The number of aryl methyl sites for hydroxylation is 1. The van der Waals surface area contributed by atoms with Gasteiger partial charge in [0.2, 0.25) is 0 Å². The number of hydrogen-bond donors (Lipinski definition) is 0. The van der Waals surface area contributed by atoms with E-state index in [2.05, 4.69) is 0 Å². The molecule has 0 atom stereocenters. The van der Waals surface area contributed by atoms with E-state index in [1.165, 1.54) is 0 Å². The van der Waals surface area contributed by atoms with Crippen molar-refractivity contribution >= 4 is 40.0 Å². The van der Waals surface area contributed by atoms with Crippen LogP contribution in [0.2, 0.25) is 0 Å². The Morgan fingerprint density at radius 2 is 1.25 bits per heavy atom. The average Bonchev–Trinajstić information content (AvgIpc) is 2.81. The summed E-state index contributed by atoms with van der Waals surface area (Å²) in [5.74, 6) is -0.123. The van der Waals surface area contributed by atoms with Crippen molar-refractivity contribution in [3.05, 3.63) is 118 Å². The first-order chi connectivity index (χ1) is 16.8. The van der Waals surface area contributed by atoms with E-state index in [1.807, 2.05) is 113 Å². The van der Waals surface area contributed by atoms with E-state index in [-0.39, 0.29) is 22.3 Å². The molecule has 4 rings (SSSR count). The summed E-state index contributed by atoms with van der Waals surface area (Å²) in [5, 5.41) is 9.63. The van der Waals surface area contributed by atoms with Crippen molar-refractivity contribution in [3.63, 3.8) is 0 Å². The monoisotopic (exact) mass is 518 g/mol. The number of ketones is 1. The first-order valence-electron chi connectivity index (χ1n) is 11.5. The van der Waals surface area contributed by atoms with Crippen molar-refractivity contribution in [1.82, 2.24) is 0 Å². The molecular weight excluding hydrogens is 491 g/mol. The molecule has 0 saturated heterocycles. The molecule has 0 N–H and O–H groups in total. The number of allylic oxidation sites excluding steroid dienone is 4. The molecule has 0 fully saturated rings. The molecule has 0 aromatic heterocycles. The van der Waals surface area contributed by atoms with E-state index < -0.39 is 0 Å². The zero-order chi connectivity index (χ0) is 24.9. The van der Waals surface area contributed by atoms with E-state index in [9.17, 15) is 4.79 Å². The van der Waals surface area contributed by atoms with Crippen LogP contribution in [0.15, 0.2) is 106 Å². The Balaban J connectivity index is 0.00000361. The van der Waals surface area contributed by atoms with E-state index >= 15 is 0 Å². The molecule has 0 amide bonds. The van der Waals surface area contributed by atoms with E-state index in [0.29, 0.717) is 33.9 Å². The van der Waals surface area contributed by atoms with Crippen LogP contribution in [0.3, 0.4) is 0 Å². The van der Waals surface area contributed by atoms with Gasteiger partial charge in [-0.25, -0.2) is 0 Å². The van der Waals surface area contributed by atoms with Gasteiger partial charge in [-0.3, -0.25) is 14.8 Å². The van der Waals surface area contributed by atoms with Crippen LogP contribution in [0.4, 0.5) is 22.7 Å². The summed E-state index contributed by atoms with van der Waals surface area (Å²) in [4.78, 5) is 23.4. The predicted molar refractivity (Wildman–Crippen MR) is 146 cm³/mol. The second-order valence-electron chi connectivity index (χ2n) is 8.59. The Morgan fingerprint density at radius 3 is 1.89 bits per heavy atom. The third-order valence-electron chi connectivity index (χ3n) is 5.62. The van der Waals surface area contributed by atoms with E-state index in [4.69, 9.17) is 20.6 Å². The number of para-hydroxylation sites is 4. The van der Waals surface area contributed by atoms with Gasteiger partial charge in [0, 0.05) is 33.9 Å². The van der Waals surface area contributed by atoms with Crippen LogP contribution in [0.5, 0.6) is 0 Å². The van der Waals surface area contributed by atoms with E-state index in [1.54, 1.807) is 0 Å². The Hall–Kier alpha value is -3.76. The second-order valence-corrected chi connectivity index (χ2v) is 8.59. The second kappa shape index (κ2) is 11.8. The third kappa shape index (κ3) is 6.27. The summed E-state index contributed by atoms with van der Waals surface area (Å²) in [6.07, 6.45) is 1.94. The summed E-state index contributed by atoms with van der Waals surface area (Å²) in [7, 11) is 0. The molecule has 0 radical (unpaired) electrons. The number of Topliss-reactive ketones (excluding diaryl/α,β-unsaturated/α-hetero) is 1. The van der Waals surface area contributed by atoms with Crippen LogP contribution in [0.1, 0.15) is 43.6 Å².